The Morgan fingerprint density at radius 3 is 2.80 bits per heavy atom. The second kappa shape index (κ2) is 4.99. The van der Waals surface area contributed by atoms with Gasteiger partial charge in [-0.3, -0.25) is 0 Å². The van der Waals surface area contributed by atoms with E-state index < -0.39 is 0 Å². The highest BCUT2D eigenvalue weighted by molar-refractivity contribution is 7.99. The van der Waals surface area contributed by atoms with Crippen molar-refractivity contribution in [1.82, 2.24) is 5.32 Å². The molecule has 0 aliphatic carbocycles. The molecule has 1 aliphatic heterocycles. The molecule has 0 aromatic heterocycles. The molecular weight excluding hydrogens is 146 g/mol. The summed E-state index contributed by atoms with van der Waals surface area (Å²) in [5.74, 6) is 0.852. The molecule has 0 unspecified atom stereocenters. The maximum atomic E-state index is 4.99. The Balaban J connectivity index is 2.02. The van der Waals surface area contributed by atoms with Crippen LogP contribution in [0.5, 0.6) is 0 Å². The highest BCUT2D eigenvalue weighted by Crippen LogP contribution is 2.19. The highest BCUT2D eigenvalue weighted by Gasteiger charge is 2.11. The lowest BCUT2D eigenvalue weighted by Gasteiger charge is -2.21. The molecule has 0 atom stereocenters. The highest BCUT2D eigenvalue weighted by atomic mass is 32.2. The first kappa shape index (κ1) is 8.37. The molecule has 60 valence electrons. The van der Waals surface area contributed by atoms with Crippen LogP contribution >= 0.6 is 11.8 Å². The SMILES string of the molecule is COCSC1CCNCC1. The number of hydrogen-bond acceptors (Lipinski definition) is 3. The second-order valence-electron chi connectivity index (χ2n) is 2.52. The summed E-state index contributed by atoms with van der Waals surface area (Å²) in [7, 11) is 1.76. The van der Waals surface area contributed by atoms with E-state index in [1.807, 2.05) is 11.8 Å². The molecule has 1 saturated heterocycles. The van der Waals surface area contributed by atoms with Gasteiger partial charge in [0.15, 0.2) is 0 Å². The molecule has 1 rings (SSSR count). The van der Waals surface area contributed by atoms with Crippen LogP contribution in [0.15, 0.2) is 0 Å². The lowest BCUT2D eigenvalue weighted by Crippen LogP contribution is -2.29. The van der Waals surface area contributed by atoms with Crippen LogP contribution < -0.4 is 5.32 Å². The molecule has 0 amide bonds. The summed E-state index contributed by atoms with van der Waals surface area (Å²) in [4.78, 5) is 0. The minimum atomic E-state index is 0.834. The van der Waals surface area contributed by atoms with Crippen molar-refractivity contribution in [2.45, 2.75) is 18.1 Å². The van der Waals surface area contributed by atoms with Gasteiger partial charge in [0.25, 0.3) is 0 Å². The minimum Gasteiger partial charge on any atom is -0.374 e. The van der Waals surface area contributed by atoms with Crippen molar-refractivity contribution in [2.24, 2.45) is 0 Å². The van der Waals surface area contributed by atoms with E-state index in [2.05, 4.69) is 5.32 Å². The Morgan fingerprint density at radius 1 is 1.50 bits per heavy atom. The molecule has 0 saturated carbocycles. The average Bonchev–Trinajstić information content (AvgIpc) is 2.03. The van der Waals surface area contributed by atoms with E-state index >= 15 is 0 Å². The van der Waals surface area contributed by atoms with Gasteiger partial charge in [0.1, 0.15) is 0 Å². The summed E-state index contributed by atoms with van der Waals surface area (Å²) < 4.78 is 4.99. The first-order valence-corrected chi connectivity index (χ1v) is 4.79. The predicted molar refractivity (Wildman–Crippen MR) is 45.4 cm³/mol. The van der Waals surface area contributed by atoms with Gasteiger partial charge in [0.2, 0.25) is 0 Å². The molecular formula is C7H15NOS. The van der Waals surface area contributed by atoms with E-state index in [4.69, 9.17) is 4.74 Å². The Morgan fingerprint density at radius 2 is 2.20 bits per heavy atom. The number of ether oxygens (including phenoxy) is 1. The fraction of sp³-hybridized carbons (Fsp3) is 1.00. The van der Waals surface area contributed by atoms with Crippen molar-refractivity contribution in [3.05, 3.63) is 0 Å². The smallest absolute Gasteiger partial charge is 0.0919 e. The van der Waals surface area contributed by atoms with Gasteiger partial charge < -0.3 is 10.1 Å². The molecule has 1 heterocycles. The van der Waals surface area contributed by atoms with Gasteiger partial charge in [-0.25, -0.2) is 0 Å². The number of methoxy groups -OCH3 is 1. The normalized spacial score (nSPS) is 21.3. The summed E-state index contributed by atoms with van der Waals surface area (Å²) >= 11 is 1.94. The zero-order chi connectivity index (χ0) is 7.23. The van der Waals surface area contributed by atoms with E-state index in [0.29, 0.717) is 0 Å². The van der Waals surface area contributed by atoms with Crippen LogP contribution in [0.2, 0.25) is 0 Å². The number of thioether (sulfide) groups is 1. The topological polar surface area (TPSA) is 21.3 Å². The minimum absolute atomic E-state index is 0.834. The van der Waals surface area contributed by atoms with Crippen molar-refractivity contribution in [3.63, 3.8) is 0 Å². The molecule has 3 heteroatoms. The van der Waals surface area contributed by atoms with E-state index in [0.717, 1.165) is 11.2 Å². The summed E-state index contributed by atoms with van der Waals surface area (Å²) in [5.41, 5.74) is 0. The maximum Gasteiger partial charge on any atom is 0.0919 e. The van der Waals surface area contributed by atoms with Crippen LogP contribution in [0.4, 0.5) is 0 Å². The Hall–Kier alpha value is 0.270. The summed E-state index contributed by atoms with van der Waals surface area (Å²) in [6.45, 7) is 2.36. The average molecular weight is 161 g/mol. The molecule has 0 aromatic carbocycles. The van der Waals surface area contributed by atoms with Gasteiger partial charge in [-0.1, -0.05) is 0 Å². The predicted octanol–water partition coefficient (Wildman–Crippen LogP) is 1.08. The Bertz CT molecular complexity index is 83.7. The van der Waals surface area contributed by atoms with Crippen LogP contribution in [-0.4, -0.2) is 31.4 Å². The lowest BCUT2D eigenvalue weighted by molar-refractivity contribution is 0.258. The van der Waals surface area contributed by atoms with Crippen molar-refractivity contribution in [3.8, 4) is 0 Å². The van der Waals surface area contributed by atoms with Gasteiger partial charge in [-0.2, -0.15) is 0 Å². The molecule has 1 fully saturated rings. The molecule has 1 N–H and O–H groups in total. The van der Waals surface area contributed by atoms with Crippen molar-refractivity contribution in [2.75, 3.05) is 26.1 Å². The number of piperidine rings is 1. The van der Waals surface area contributed by atoms with Gasteiger partial charge in [-0.15, -0.1) is 11.8 Å². The van der Waals surface area contributed by atoms with Gasteiger partial charge in [-0.05, 0) is 25.9 Å². The fourth-order valence-electron chi connectivity index (χ4n) is 1.13. The van der Waals surface area contributed by atoms with Crippen molar-refractivity contribution < 1.29 is 4.74 Å². The first-order chi connectivity index (χ1) is 4.93. The molecule has 0 radical (unpaired) electrons. The van der Waals surface area contributed by atoms with E-state index in [9.17, 15) is 0 Å². The molecule has 1 aliphatic rings. The zero-order valence-electron chi connectivity index (χ0n) is 6.43. The molecule has 2 nitrogen and oxygen atoms in total. The summed E-state index contributed by atoms with van der Waals surface area (Å²) in [5, 5.41) is 4.17. The van der Waals surface area contributed by atoms with Crippen molar-refractivity contribution >= 4 is 11.8 Å². The van der Waals surface area contributed by atoms with Crippen LogP contribution in [0.1, 0.15) is 12.8 Å². The largest absolute Gasteiger partial charge is 0.374 e. The van der Waals surface area contributed by atoms with Gasteiger partial charge >= 0.3 is 0 Å². The number of rotatable bonds is 3. The molecule has 0 spiro atoms. The molecule has 10 heavy (non-hydrogen) atoms. The maximum absolute atomic E-state index is 4.99. The van der Waals surface area contributed by atoms with E-state index in [-0.39, 0.29) is 0 Å². The summed E-state index contributed by atoms with van der Waals surface area (Å²) in [6, 6.07) is 0. The van der Waals surface area contributed by atoms with Crippen LogP contribution in [0, 0.1) is 0 Å². The third-order valence-electron chi connectivity index (χ3n) is 1.71. The van der Waals surface area contributed by atoms with E-state index in [1.165, 1.54) is 25.9 Å². The van der Waals surface area contributed by atoms with Gasteiger partial charge in [0, 0.05) is 12.4 Å². The molecule has 0 bridgehead atoms. The zero-order valence-corrected chi connectivity index (χ0v) is 7.25. The lowest BCUT2D eigenvalue weighted by atomic mass is 10.2. The first-order valence-electron chi connectivity index (χ1n) is 3.74. The van der Waals surface area contributed by atoms with Crippen molar-refractivity contribution in [1.29, 1.82) is 0 Å². The number of nitrogens with one attached hydrogen (secondary N) is 1. The monoisotopic (exact) mass is 161 g/mol. The Labute approximate surface area is 66.7 Å². The summed E-state index contributed by atoms with van der Waals surface area (Å²) in [6.07, 6.45) is 2.60. The standard InChI is InChI=1S/C7H15NOS/c1-9-6-10-7-2-4-8-5-3-7/h7-8H,2-6H2,1H3. The third kappa shape index (κ3) is 2.90. The van der Waals surface area contributed by atoms with Crippen LogP contribution in [0.25, 0.3) is 0 Å². The van der Waals surface area contributed by atoms with Crippen LogP contribution in [-0.2, 0) is 4.74 Å². The van der Waals surface area contributed by atoms with Gasteiger partial charge in [0.05, 0.1) is 5.94 Å². The third-order valence-corrected chi connectivity index (χ3v) is 3.02. The van der Waals surface area contributed by atoms with Crippen LogP contribution in [0.3, 0.4) is 0 Å². The fourth-order valence-corrected chi connectivity index (χ4v) is 2.02. The quantitative estimate of drug-likeness (QED) is 0.626. The Kier molecular flexibility index (Phi) is 4.18. The number of hydrogen-bond donors (Lipinski definition) is 1. The van der Waals surface area contributed by atoms with E-state index in [1.54, 1.807) is 7.11 Å². The second-order valence-corrected chi connectivity index (χ2v) is 3.76. The molecule has 0 aromatic rings.